The minimum absolute atomic E-state index is 0.0424. The highest BCUT2D eigenvalue weighted by molar-refractivity contribution is 7.98. The third kappa shape index (κ3) is 2.61. The maximum atomic E-state index is 12.0. The molecular weight excluding hydrogens is 294 g/mol. The molecule has 0 atom stereocenters. The molecule has 0 aliphatic rings. The van der Waals surface area contributed by atoms with Gasteiger partial charge in [-0.25, -0.2) is 9.97 Å². The predicted molar refractivity (Wildman–Crippen MR) is 79.4 cm³/mol. The molecule has 3 heterocycles. The Morgan fingerprint density at radius 1 is 1.45 bits per heavy atom. The molecule has 0 saturated carbocycles. The van der Waals surface area contributed by atoms with Gasteiger partial charge in [0.15, 0.2) is 4.96 Å². The molecule has 0 aromatic carbocycles. The average Bonchev–Trinajstić information content (AvgIpc) is 3.02. The fraction of sp³-hybridized carbons (Fsp3) is 0.333. The van der Waals surface area contributed by atoms with E-state index in [2.05, 4.69) is 20.2 Å². The first kappa shape index (κ1) is 13.3. The Balaban J connectivity index is 1.82. The Hall–Kier alpha value is -1.67. The third-order valence-corrected chi connectivity index (χ3v) is 4.51. The van der Waals surface area contributed by atoms with Crippen LogP contribution >= 0.6 is 23.1 Å². The van der Waals surface area contributed by atoms with Crippen molar-refractivity contribution in [2.75, 3.05) is 0 Å². The van der Waals surface area contributed by atoms with Crippen molar-refractivity contribution in [2.45, 2.75) is 31.2 Å². The van der Waals surface area contributed by atoms with Crippen molar-refractivity contribution < 1.29 is 0 Å². The van der Waals surface area contributed by atoms with Gasteiger partial charge >= 0.3 is 0 Å². The van der Waals surface area contributed by atoms with Crippen molar-refractivity contribution in [3.63, 3.8) is 0 Å². The summed E-state index contributed by atoms with van der Waals surface area (Å²) in [6.07, 6.45) is 2.64. The Labute approximate surface area is 123 Å². The summed E-state index contributed by atoms with van der Waals surface area (Å²) in [4.78, 5) is 22.6. The van der Waals surface area contributed by atoms with Gasteiger partial charge in [0.25, 0.3) is 5.56 Å². The van der Waals surface area contributed by atoms with Crippen LogP contribution in [-0.2, 0) is 12.2 Å². The summed E-state index contributed by atoms with van der Waals surface area (Å²) < 4.78 is 1.58. The number of aryl methyl sites for hydroxylation is 2. The molecule has 20 heavy (non-hydrogen) atoms. The van der Waals surface area contributed by atoms with Gasteiger partial charge in [-0.15, -0.1) is 16.4 Å². The molecule has 0 aliphatic carbocycles. The number of nitrogens with one attached hydrogen (secondary N) is 1. The van der Waals surface area contributed by atoms with E-state index in [0.717, 1.165) is 27.8 Å². The van der Waals surface area contributed by atoms with E-state index in [4.69, 9.17) is 0 Å². The summed E-state index contributed by atoms with van der Waals surface area (Å²) in [5.74, 6) is 1.45. The quantitative estimate of drug-likeness (QED) is 0.746. The zero-order valence-corrected chi connectivity index (χ0v) is 12.7. The molecule has 0 aliphatic heterocycles. The van der Waals surface area contributed by atoms with Gasteiger partial charge in [0, 0.05) is 29.3 Å². The number of aromatic nitrogens is 5. The SMILES string of the molecule is CCc1nc(SCc2cc(=O)n3cc(C)sc3n2)n[nH]1. The van der Waals surface area contributed by atoms with Crippen molar-refractivity contribution in [1.29, 1.82) is 0 Å². The molecule has 8 heteroatoms. The fourth-order valence-corrected chi connectivity index (χ4v) is 3.33. The maximum Gasteiger partial charge on any atom is 0.258 e. The van der Waals surface area contributed by atoms with E-state index < -0.39 is 0 Å². The number of fused-ring (bicyclic) bond motifs is 1. The Bertz CT molecular complexity index is 804. The van der Waals surface area contributed by atoms with Gasteiger partial charge in [0.1, 0.15) is 5.82 Å². The molecular formula is C12H13N5OS2. The second-order valence-corrected chi connectivity index (χ2v) is 6.44. The van der Waals surface area contributed by atoms with E-state index in [1.165, 1.54) is 23.1 Å². The van der Waals surface area contributed by atoms with Gasteiger partial charge in [-0.1, -0.05) is 18.7 Å². The summed E-state index contributed by atoms with van der Waals surface area (Å²) in [6.45, 7) is 3.98. The van der Waals surface area contributed by atoms with Gasteiger partial charge in [-0.05, 0) is 6.92 Å². The molecule has 0 spiro atoms. The largest absolute Gasteiger partial charge is 0.269 e. The van der Waals surface area contributed by atoms with Gasteiger partial charge < -0.3 is 0 Å². The zero-order valence-electron chi connectivity index (χ0n) is 11.1. The summed E-state index contributed by atoms with van der Waals surface area (Å²) >= 11 is 2.99. The highest BCUT2D eigenvalue weighted by Crippen LogP contribution is 2.19. The molecule has 3 rings (SSSR count). The average molecular weight is 307 g/mol. The molecule has 6 nitrogen and oxygen atoms in total. The number of nitrogens with zero attached hydrogens (tertiary/aromatic N) is 4. The number of rotatable bonds is 4. The molecule has 3 aromatic rings. The van der Waals surface area contributed by atoms with Crippen LogP contribution in [0.1, 0.15) is 23.3 Å². The second-order valence-electron chi connectivity index (χ2n) is 4.29. The zero-order chi connectivity index (χ0) is 14.1. The second kappa shape index (κ2) is 5.37. The molecule has 0 amide bonds. The highest BCUT2D eigenvalue weighted by Gasteiger charge is 2.08. The van der Waals surface area contributed by atoms with Gasteiger partial charge in [0.05, 0.1) is 5.69 Å². The summed E-state index contributed by atoms with van der Waals surface area (Å²) in [6, 6.07) is 1.57. The Kier molecular flexibility index (Phi) is 3.58. The van der Waals surface area contributed by atoms with Gasteiger partial charge in [-0.2, -0.15) is 0 Å². The van der Waals surface area contributed by atoms with Crippen LogP contribution in [0.4, 0.5) is 0 Å². The lowest BCUT2D eigenvalue weighted by Gasteiger charge is -1.98. The fourth-order valence-electron chi connectivity index (χ4n) is 1.77. The van der Waals surface area contributed by atoms with E-state index in [0.29, 0.717) is 10.9 Å². The molecule has 0 unspecified atom stereocenters. The van der Waals surface area contributed by atoms with E-state index in [-0.39, 0.29) is 5.56 Å². The minimum Gasteiger partial charge on any atom is -0.269 e. The van der Waals surface area contributed by atoms with Crippen LogP contribution in [0.3, 0.4) is 0 Å². The topological polar surface area (TPSA) is 75.9 Å². The van der Waals surface area contributed by atoms with Crippen molar-refractivity contribution in [1.82, 2.24) is 24.6 Å². The molecule has 0 saturated heterocycles. The maximum absolute atomic E-state index is 12.0. The molecule has 3 aromatic heterocycles. The molecule has 0 radical (unpaired) electrons. The highest BCUT2D eigenvalue weighted by atomic mass is 32.2. The molecule has 0 bridgehead atoms. The summed E-state index contributed by atoms with van der Waals surface area (Å²) in [5, 5.41) is 7.67. The molecule has 0 fully saturated rings. The smallest absolute Gasteiger partial charge is 0.258 e. The predicted octanol–water partition coefficient (Wildman–Crippen LogP) is 2.04. The van der Waals surface area contributed by atoms with Crippen molar-refractivity contribution in [3.05, 3.63) is 39.0 Å². The molecule has 1 N–H and O–H groups in total. The van der Waals surface area contributed by atoms with Crippen LogP contribution in [0.5, 0.6) is 0 Å². The molecule has 104 valence electrons. The van der Waals surface area contributed by atoms with Gasteiger partial charge in [0.2, 0.25) is 5.16 Å². The lowest BCUT2D eigenvalue weighted by atomic mass is 10.4. The van der Waals surface area contributed by atoms with Crippen molar-refractivity contribution >= 4 is 28.1 Å². The first-order valence-corrected chi connectivity index (χ1v) is 7.98. The van der Waals surface area contributed by atoms with E-state index in [1.807, 2.05) is 20.0 Å². The lowest BCUT2D eigenvalue weighted by Crippen LogP contribution is -2.12. The minimum atomic E-state index is -0.0424. The number of H-pyrrole nitrogens is 1. The lowest BCUT2D eigenvalue weighted by molar-refractivity contribution is 0.941. The van der Waals surface area contributed by atoms with Crippen LogP contribution in [-0.4, -0.2) is 24.6 Å². The van der Waals surface area contributed by atoms with Crippen LogP contribution < -0.4 is 5.56 Å². The van der Waals surface area contributed by atoms with E-state index in [9.17, 15) is 4.79 Å². The Morgan fingerprint density at radius 3 is 3.05 bits per heavy atom. The standard InChI is InChI=1S/C12H13N5OS2/c1-3-9-14-11(16-15-9)19-6-8-4-10(18)17-5-7(2)20-12(17)13-8/h4-5H,3,6H2,1-2H3,(H,14,15,16). The number of thioether (sulfide) groups is 1. The number of aromatic amines is 1. The van der Waals surface area contributed by atoms with Crippen LogP contribution in [0.2, 0.25) is 0 Å². The van der Waals surface area contributed by atoms with E-state index >= 15 is 0 Å². The van der Waals surface area contributed by atoms with Crippen LogP contribution in [0, 0.1) is 6.92 Å². The first-order chi connectivity index (χ1) is 9.65. The first-order valence-electron chi connectivity index (χ1n) is 6.18. The third-order valence-electron chi connectivity index (χ3n) is 2.73. The van der Waals surface area contributed by atoms with Crippen LogP contribution in [0.25, 0.3) is 4.96 Å². The van der Waals surface area contributed by atoms with Crippen LogP contribution in [0.15, 0.2) is 22.2 Å². The summed E-state index contributed by atoms with van der Waals surface area (Å²) in [7, 11) is 0. The normalized spacial score (nSPS) is 11.3. The van der Waals surface area contributed by atoms with Crippen molar-refractivity contribution in [2.24, 2.45) is 0 Å². The number of hydrogen-bond acceptors (Lipinski definition) is 6. The monoisotopic (exact) mass is 307 g/mol. The van der Waals surface area contributed by atoms with E-state index in [1.54, 1.807) is 10.5 Å². The number of hydrogen-bond donors (Lipinski definition) is 1. The van der Waals surface area contributed by atoms with Gasteiger partial charge in [-0.3, -0.25) is 14.3 Å². The Morgan fingerprint density at radius 2 is 2.30 bits per heavy atom. The summed E-state index contributed by atoms with van der Waals surface area (Å²) in [5.41, 5.74) is 0.712. The van der Waals surface area contributed by atoms with Crippen molar-refractivity contribution in [3.8, 4) is 0 Å². The number of thiazole rings is 1.